The molecule has 0 aromatic heterocycles. The minimum Gasteiger partial charge on any atom is -0.381 e. The van der Waals surface area contributed by atoms with Crippen molar-refractivity contribution in [2.45, 2.75) is 51.9 Å². The summed E-state index contributed by atoms with van der Waals surface area (Å²) in [5.74, 6) is 0. The van der Waals surface area contributed by atoms with Crippen molar-refractivity contribution in [3.63, 3.8) is 0 Å². The van der Waals surface area contributed by atoms with Gasteiger partial charge in [0.2, 0.25) is 0 Å². The summed E-state index contributed by atoms with van der Waals surface area (Å²) in [7, 11) is 0. The molecule has 0 saturated carbocycles. The van der Waals surface area contributed by atoms with Gasteiger partial charge < -0.3 is 10.1 Å². The van der Waals surface area contributed by atoms with Gasteiger partial charge in [-0.25, -0.2) is 0 Å². The highest BCUT2D eigenvalue weighted by Crippen LogP contribution is 2.29. The predicted molar refractivity (Wildman–Crippen MR) is 72.8 cm³/mol. The van der Waals surface area contributed by atoms with Gasteiger partial charge >= 0.3 is 0 Å². The van der Waals surface area contributed by atoms with Crippen molar-refractivity contribution in [1.82, 2.24) is 0 Å². The molecule has 0 radical (unpaired) electrons. The van der Waals surface area contributed by atoms with Gasteiger partial charge in [0.25, 0.3) is 0 Å². The summed E-state index contributed by atoms with van der Waals surface area (Å²) in [5, 5.41) is 4.37. The first-order chi connectivity index (χ1) is 8.06. The van der Waals surface area contributed by atoms with Crippen molar-refractivity contribution in [1.29, 1.82) is 0 Å². The monoisotopic (exact) mass is 253 g/mol. The number of benzene rings is 1. The minimum atomic E-state index is 0.319. The summed E-state index contributed by atoms with van der Waals surface area (Å²) in [6.45, 7) is 6.34. The van der Waals surface area contributed by atoms with Crippen LogP contribution in [0, 0.1) is 6.92 Å². The number of halogens is 1. The lowest BCUT2D eigenvalue weighted by atomic mass is 9.99. The maximum atomic E-state index is 6.23. The van der Waals surface area contributed by atoms with Crippen molar-refractivity contribution in [3.05, 3.63) is 28.8 Å². The molecule has 2 unspecified atom stereocenters. The van der Waals surface area contributed by atoms with E-state index in [1.165, 1.54) is 5.56 Å². The van der Waals surface area contributed by atoms with Crippen LogP contribution in [0.4, 0.5) is 5.69 Å². The number of hydrogen-bond donors (Lipinski definition) is 1. The SMILES string of the molecule is Cc1cccc(Cl)c1NC1CC(C)OC(C)C1. The van der Waals surface area contributed by atoms with Crippen molar-refractivity contribution in [2.75, 3.05) is 5.32 Å². The van der Waals surface area contributed by atoms with Crippen LogP contribution in [0.5, 0.6) is 0 Å². The first kappa shape index (κ1) is 12.7. The van der Waals surface area contributed by atoms with Gasteiger partial charge in [0, 0.05) is 6.04 Å². The molecule has 1 aromatic carbocycles. The highest BCUT2D eigenvalue weighted by atomic mass is 35.5. The van der Waals surface area contributed by atoms with E-state index in [-0.39, 0.29) is 0 Å². The normalized spacial score (nSPS) is 29.1. The summed E-state index contributed by atoms with van der Waals surface area (Å²) in [5.41, 5.74) is 2.27. The smallest absolute Gasteiger partial charge is 0.0640 e. The van der Waals surface area contributed by atoms with E-state index in [0.717, 1.165) is 23.6 Å². The van der Waals surface area contributed by atoms with E-state index in [1.54, 1.807) is 0 Å². The third-order valence-electron chi connectivity index (χ3n) is 3.27. The van der Waals surface area contributed by atoms with Crippen molar-refractivity contribution >= 4 is 17.3 Å². The van der Waals surface area contributed by atoms with Crippen LogP contribution in [-0.2, 0) is 4.74 Å². The number of para-hydroxylation sites is 1. The van der Waals surface area contributed by atoms with Crippen molar-refractivity contribution in [2.24, 2.45) is 0 Å². The fraction of sp³-hybridized carbons (Fsp3) is 0.571. The van der Waals surface area contributed by atoms with Crippen LogP contribution in [-0.4, -0.2) is 18.2 Å². The Morgan fingerprint density at radius 2 is 1.88 bits per heavy atom. The van der Waals surface area contributed by atoms with E-state index in [2.05, 4.69) is 32.2 Å². The fourth-order valence-corrected chi connectivity index (χ4v) is 2.82. The Morgan fingerprint density at radius 3 is 2.47 bits per heavy atom. The largest absolute Gasteiger partial charge is 0.381 e. The number of hydrogen-bond acceptors (Lipinski definition) is 2. The second kappa shape index (κ2) is 5.28. The molecular weight excluding hydrogens is 234 g/mol. The van der Waals surface area contributed by atoms with Crippen LogP contribution in [0.25, 0.3) is 0 Å². The molecule has 2 atom stereocenters. The van der Waals surface area contributed by atoms with Crippen molar-refractivity contribution in [3.8, 4) is 0 Å². The Bertz CT molecular complexity index is 364. The van der Waals surface area contributed by atoms with Gasteiger partial charge in [0.15, 0.2) is 0 Å². The highest BCUT2D eigenvalue weighted by Gasteiger charge is 2.24. The molecule has 2 rings (SSSR count). The van der Waals surface area contributed by atoms with Crippen LogP contribution >= 0.6 is 11.6 Å². The van der Waals surface area contributed by atoms with E-state index >= 15 is 0 Å². The maximum absolute atomic E-state index is 6.23. The lowest BCUT2D eigenvalue weighted by Gasteiger charge is -2.33. The standard InChI is InChI=1S/C14H20ClNO/c1-9-5-4-6-13(15)14(9)16-12-7-10(2)17-11(3)8-12/h4-6,10-12,16H,7-8H2,1-3H3. The minimum absolute atomic E-state index is 0.319. The molecule has 1 aliphatic heterocycles. The number of anilines is 1. The average Bonchev–Trinajstić information content (AvgIpc) is 2.22. The zero-order valence-electron chi connectivity index (χ0n) is 10.7. The number of ether oxygens (including phenoxy) is 1. The molecular formula is C14H20ClNO. The molecule has 0 aliphatic carbocycles. The predicted octanol–water partition coefficient (Wildman–Crippen LogP) is 4.02. The van der Waals surface area contributed by atoms with E-state index in [1.807, 2.05) is 12.1 Å². The molecule has 0 amide bonds. The fourth-order valence-electron chi connectivity index (χ4n) is 2.54. The Morgan fingerprint density at radius 1 is 1.24 bits per heavy atom. The van der Waals surface area contributed by atoms with E-state index in [9.17, 15) is 0 Å². The zero-order chi connectivity index (χ0) is 12.4. The van der Waals surface area contributed by atoms with E-state index < -0.39 is 0 Å². The van der Waals surface area contributed by atoms with Gasteiger partial charge in [-0.2, -0.15) is 0 Å². The summed E-state index contributed by atoms with van der Waals surface area (Å²) in [6.07, 6.45) is 2.71. The van der Waals surface area contributed by atoms with Crippen molar-refractivity contribution < 1.29 is 4.74 Å². The number of aryl methyl sites for hydroxylation is 1. The van der Waals surface area contributed by atoms with Gasteiger partial charge in [-0.15, -0.1) is 0 Å². The van der Waals surface area contributed by atoms with Crippen LogP contribution in [0.15, 0.2) is 18.2 Å². The molecule has 1 aliphatic rings. The molecule has 1 saturated heterocycles. The Balaban J connectivity index is 2.10. The third kappa shape index (κ3) is 3.14. The van der Waals surface area contributed by atoms with Gasteiger partial charge in [-0.3, -0.25) is 0 Å². The Kier molecular flexibility index (Phi) is 3.95. The summed E-state index contributed by atoms with van der Waals surface area (Å²) in [6, 6.07) is 6.45. The lowest BCUT2D eigenvalue weighted by Crippen LogP contribution is -2.37. The maximum Gasteiger partial charge on any atom is 0.0640 e. The lowest BCUT2D eigenvalue weighted by molar-refractivity contribution is -0.0337. The second-order valence-electron chi connectivity index (χ2n) is 5.00. The Labute approximate surface area is 108 Å². The number of rotatable bonds is 2. The molecule has 2 nitrogen and oxygen atoms in total. The molecule has 17 heavy (non-hydrogen) atoms. The van der Waals surface area contributed by atoms with Gasteiger partial charge in [0.05, 0.1) is 22.9 Å². The van der Waals surface area contributed by atoms with Gasteiger partial charge in [0.1, 0.15) is 0 Å². The highest BCUT2D eigenvalue weighted by molar-refractivity contribution is 6.33. The van der Waals surface area contributed by atoms with Crippen LogP contribution < -0.4 is 5.32 Å². The summed E-state index contributed by atoms with van der Waals surface area (Å²) >= 11 is 6.23. The average molecular weight is 254 g/mol. The van der Waals surface area contributed by atoms with Gasteiger partial charge in [-0.1, -0.05) is 23.7 Å². The molecule has 1 heterocycles. The van der Waals surface area contributed by atoms with E-state index in [0.29, 0.717) is 18.2 Å². The first-order valence-corrected chi connectivity index (χ1v) is 6.61. The number of nitrogens with one attached hydrogen (secondary N) is 1. The quantitative estimate of drug-likeness (QED) is 0.860. The molecule has 3 heteroatoms. The molecule has 94 valence electrons. The molecule has 0 spiro atoms. The summed E-state index contributed by atoms with van der Waals surface area (Å²) in [4.78, 5) is 0. The molecule has 1 aromatic rings. The zero-order valence-corrected chi connectivity index (χ0v) is 11.4. The molecule has 1 N–H and O–H groups in total. The van der Waals surface area contributed by atoms with Crippen LogP contribution in [0.1, 0.15) is 32.3 Å². The molecule has 0 bridgehead atoms. The molecule has 1 fully saturated rings. The second-order valence-corrected chi connectivity index (χ2v) is 5.41. The van der Waals surface area contributed by atoms with Crippen LogP contribution in [0.3, 0.4) is 0 Å². The third-order valence-corrected chi connectivity index (χ3v) is 3.58. The Hall–Kier alpha value is -0.730. The topological polar surface area (TPSA) is 21.3 Å². The van der Waals surface area contributed by atoms with Gasteiger partial charge in [-0.05, 0) is 45.2 Å². The van der Waals surface area contributed by atoms with E-state index in [4.69, 9.17) is 16.3 Å². The summed E-state index contributed by atoms with van der Waals surface area (Å²) < 4.78 is 5.74. The first-order valence-electron chi connectivity index (χ1n) is 6.23. The van der Waals surface area contributed by atoms with Crippen LogP contribution in [0.2, 0.25) is 5.02 Å².